The van der Waals surface area contributed by atoms with Crippen LogP contribution in [0.15, 0.2) is 30.4 Å². The second-order valence-corrected chi connectivity index (χ2v) is 7.49. The SMILES string of the molecule is C=C1CC(OC(C)(C)C)C2C(=O)c3c(O)cccc3C(=O)C2C1. The van der Waals surface area contributed by atoms with Crippen molar-refractivity contribution in [2.24, 2.45) is 11.8 Å². The molecule has 1 fully saturated rings. The fraction of sp³-hybridized carbons (Fsp3) is 0.474. The topological polar surface area (TPSA) is 63.6 Å². The molecular formula is C19H22O4. The third-order valence-electron chi connectivity index (χ3n) is 4.53. The van der Waals surface area contributed by atoms with Crippen LogP contribution in [0.3, 0.4) is 0 Å². The molecule has 2 aliphatic rings. The van der Waals surface area contributed by atoms with Crippen LogP contribution in [-0.4, -0.2) is 28.4 Å². The molecule has 4 heteroatoms. The average molecular weight is 314 g/mol. The maximum atomic E-state index is 13.0. The zero-order valence-electron chi connectivity index (χ0n) is 13.8. The Bertz CT molecular complexity index is 696. The highest BCUT2D eigenvalue weighted by atomic mass is 16.5. The maximum Gasteiger partial charge on any atom is 0.173 e. The number of aromatic hydroxyl groups is 1. The molecule has 0 radical (unpaired) electrons. The van der Waals surface area contributed by atoms with Crippen LogP contribution in [0.4, 0.5) is 0 Å². The zero-order chi connectivity index (χ0) is 16.9. The quantitative estimate of drug-likeness (QED) is 0.805. The number of ketones is 2. The van der Waals surface area contributed by atoms with E-state index in [2.05, 4.69) is 6.58 Å². The number of rotatable bonds is 1. The third-order valence-corrected chi connectivity index (χ3v) is 4.53. The zero-order valence-corrected chi connectivity index (χ0v) is 13.8. The van der Waals surface area contributed by atoms with E-state index in [4.69, 9.17) is 4.74 Å². The van der Waals surface area contributed by atoms with Gasteiger partial charge in [-0.3, -0.25) is 9.59 Å². The van der Waals surface area contributed by atoms with Crippen molar-refractivity contribution in [2.45, 2.75) is 45.3 Å². The van der Waals surface area contributed by atoms with E-state index in [1.165, 1.54) is 6.07 Å². The van der Waals surface area contributed by atoms with Gasteiger partial charge >= 0.3 is 0 Å². The molecule has 23 heavy (non-hydrogen) atoms. The monoisotopic (exact) mass is 314 g/mol. The predicted molar refractivity (Wildman–Crippen MR) is 86.7 cm³/mol. The fourth-order valence-corrected chi connectivity index (χ4v) is 3.74. The van der Waals surface area contributed by atoms with Crippen molar-refractivity contribution >= 4 is 11.6 Å². The van der Waals surface area contributed by atoms with Gasteiger partial charge in [0.15, 0.2) is 11.6 Å². The molecule has 122 valence electrons. The van der Waals surface area contributed by atoms with Gasteiger partial charge in [-0.05, 0) is 39.7 Å². The van der Waals surface area contributed by atoms with E-state index >= 15 is 0 Å². The van der Waals surface area contributed by atoms with Crippen molar-refractivity contribution in [3.8, 4) is 5.75 Å². The van der Waals surface area contributed by atoms with Crippen molar-refractivity contribution in [1.82, 2.24) is 0 Å². The molecule has 2 aliphatic carbocycles. The molecule has 1 N–H and O–H groups in total. The molecule has 0 bridgehead atoms. The van der Waals surface area contributed by atoms with E-state index in [0.29, 0.717) is 18.4 Å². The first-order valence-corrected chi connectivity index (χ1v) is 7.94. The summed E-state index contributed by atoms with van der Waals surface area (Å²) in [5, 5.41) is 10.1. The second kappa shape index (κ2) is 5.31. The Labute approximate surface area is 136 Å². The van der Waals surface area contributed by atoms with Gasteiger partial charge in [0.05, 0.1) is 23.2 Å². The van der Waals surface area contributed by atoms with Gasteiger partial charge in [0.2, 0.25) is 0 Å². The van der Waals surface area contributed by atoms with Crippen molar-refractivity contribution in [3.63, 3.8) is 0 Å². The Morgan fingerprint density at radius 1 is 1.17 bits per heavy atom. The van der Waals surface area contributed by atoms with Crippen molar-refractivity contribution in [3.05, 3.63) is 41.5 Å². The number of hydrogen-bond acceptors (Lipinski definition) is 4. The standard InChI is InChI=1S/C19H22O4/c1-10-8-12-16(14(9-10)23-19(2,3)4)18(22)15-11(17(12)21)6-5-7-13(15)20/h5-7,12,14,16,20H,1,8-9H2,2-4H3. The first-order chi connectivity index (χ1) is 10.7. The summed E-state index contributed by atoms with van der Waals surface area (Å²) >= 11 is 0. The smallest absolute Gasteiger partial charge is 0.173 e. The number of benzene rings is 1. The Balaban J connectivity index is 2.09. The van der Waals surface area contributed by atoms with Gasteiger partial charge in [-0.15, -0.1) is 0 Å². The summed E-state index contributed by atoms with van der Waals surface area (Å²) in [4.78, 5) is 25.8. The summed E-state index contributed by atoms with van der Waals surface area (Å²) in [7, 11) is 0. The van der Waals surface area contributed by atoms with Crippen molar-refractivity contribution in [1.29, 1.82) is 0 Å². The third kappa shape index (κ3) is 2.72. The fourth-order valence-electron chi connectivity index (χ4n) is 3.74. The molecule has 4 nitrogen and oxygen atoms in total. The molecule has 1 aromatic rings. The number of ether oxygens (including phenoxy) is 1. The molecule has 0 aliphatic heterocycles. The Morgan fingerprint density at radius 2 is 1.87 bits per heavy atom. The van der Waals surface area contributed by atoms with Gasteiger partial charge in [0.1, 0.15) is 5.75 Å². The predicted octanol–water partition coefficient (Wildman–Crippen LogP) is 3.54. The average Bonchev–Trinajstić information content (AvgIpc) is 2.42. The first-order valence-electron chi connectivity index (χ1n) is 7.94. The normalized spacial score (nSPS) is 27.6. The van der Waals surface area contributed by atoms with Gasteiger partial charge in [0, 0.05) is 11.5 Å². The van der Waals surface area contributed by atoms with Gasteiger partial charge in [-0.2, -0.15) is 0 Å². The van der Waals surface area contributed by atoms with Gasteiger partial charge in [0.25, 0.3) is 0 Å². The lowest BCUT2D eigenvalue weighted by Crippen LogP contribution is -2.49. The van der Waals surface area contributed by atoms with Crippen molar-refractivity contribution < 1.29 is 19.4 Å². The van der Waals surface area contributed by atoms with Crippen LogP contribution in [0.5, 0.6) is 5.75 Å². The number of phenols is 1. The minimum Gasteiger partial charge on any atom is -0.507 e. The molecule has 1 aromatic carbocycles. The molecular weight excluding hydrogens is 292 g/mol. The number of hydrogen-bond donors (Lipinski definition) is 1. The largest absolute Gasteiger partial charge is 0.507 e. The number of carbonyl (C=O) groups excluding carboxylic acids is 2. The molecule has 0 amide bonds. The summed E-state index contributed by atoms with van der Waals surface area (Å²) < 4.78 is 6.08. The first kappa shape index (κ1) is 15.9. The van der Waals surface area contributed by atoms with Crippen LogP contribution in [0, 0.1) is 11.8 Å². The van der Waals surface area contributed by atoms with Crippen molar-refractivity contribution in [2.75, 3.05) is 0 Å². The lowest BCUT2D eigenvalue weighted by Gasteiger charge is -2.42. The van der Waals surface area contributed by atoms with Crippen LogP contribution >= 0.6 is 0 Å². The van der Waals surface area contributed by atoms with E-state index in [1.54, 1.807) is 12.1 Å². The van der Waals surface area contributed by atoms with Gasteiger partial charge < -0.3 is 9.84 Å². The van der Waals surface area contributed by atoms with E-state index in [0.717, 1.165) is 5.57 Å². The number of fused-ring (bicyclic) bond motifs is 2. The highest BCUT2D eigenvalue weighted by Crippen LogP contribution is 2.45. The highest BCUT2D eigenvalue weighted by Gasteiger charge is 2.50. The maximum absolute atomic E-state index is 13.0. The summed E-state index contributed by atoms with van der Waals surface area (Å²) in [5.74, 6) is -1.40. The summed E-state index contributed by atoms with van der Waals surface area (Å²) in [6.07, 6.45) is 0.694. The lowest BCUT2D eigenvalue weighted by molar-refractivity contribution is -0.0908. The molecule has 3 rings (SSSR count). The number of carbonyl (C=O) groups is 2. The van der Waals surface area contributed by atoms with Crippen LogP contribution in [0.1, 0.15) is 54.3 Å². The minimum atomic E-state index is -0.548. The second-order valence-electron chi connectivity index (χ2n) is 7.49. The molecule has 3 atom stereocenters. The van der Waals surface area contributed by atoms with Crippen LogP contribution < -0.4 is 0 Å². The Hall–Kier alpha value is -1.94. The summed E-state index contributed by atoms with van der Waals surface area (Å²) in [6.45, 7) is 9.82. The van der Waals surface area contributed by atoms with Crippen LogP contribution in [0.25, 0.3) is 0 Å². The van der Waals surface area contributed by atoms with Gasteiger partial charge in [-0.25, -0.2) is 0 Å². The Kier molecular flexibility index (Phi) is 3.68. The molecule has 0 heterocycles. The molecule has 1 saturated carbocycles. The lowest BCUT2D eigenvalue weighted by atomic mass is 9.65. The molecule has 3 unspecified atom stereocenters. The highest BCUT2D eigenvalue weighted by molar-refractivity contribution is 6.17. The molecule has 0 spiro atoms. The van der Waals surface area contributed by atoms with E-state index in [-0.39, 0.29) is 29.0 Å². The van der Waals surface area contributed by atoms with Gasteiger partial charge in [-0.1, -0.05) is 24.3 Å². The number of phenolic OH excluding ortho intramolecular Hbond substituents is 1. The minimum absolute atomic E-state index is 0.0936. The van der Waals surface area contributed by atoms with E-state index in [9.17, 15) is 14.7 Å². The molecule has 0 aromatic heterocycles. The van der Waals surface area contributed by atoms with Crippen LogP contribution in [-0.2, 0) is 4.74 Å². The van der Waals surface area contributed by atoms with E-state index in [1.807, 2.05) is 20.8 Å². The summed E-state index contributed by atoms with van der Waals surface area (Å²) in [6, 6.07) is 4.66. The summed E-state index contributed by atoms with van der Waals surface area (Å²) in [5.41, 5.74) is 0.981. The molecule has 0 saturated heterocycles. The van der Waals surface area contributed by atoms with Crippen LogP contribution in [0.2, 0.25) is 0 Å². The number of Topliss-reactive ketones (excluding diaryl/α,β-unsaturated/α-hetero) is 2. The van der Waals surface area contributed by atoms with E-state index < -0.39 is 17.4 Å². The Morgan fingerprint density at radius 3 is 2.52 bits per heavy atom.